The van der Waals surface area contributed by atoms with E-state index in [2.05, 4.69) is 21.7 Å². The molecule has 0 atom stereocenters. The van der Waals surface area contributed by atoms with Crippen LogP contribution in [0.3, 0.4) is 0 Å². The average Bonchev–Trinajstić information content (AvgIpc) is 3.14. The van der Waals surface area contributed by atoms with E-state index in [0.717, 1.165) is 46.1 Å². The van der Waals surface area contributed by atoms with E-state index in [9.17, 15) is 0 Å². The van der Waals surface area contributed by atoms with Crippen LogP contribution in [0.4, 0.5) is 0 Å². The van der Waals surface area contributed by atoms with Crippen molar-refractivity contribution < 1.29 is 14.2 Å². The maximum Gasteiger partial charge on any atom is 0.191 e. The van der Waals surface area contributed by atoms with Crippen molar-refractivity contribution in [2.45, 2.75) is 18.6 Å². The van der Waals surface area contributed by atoms with E-state index in [1.807, 2.05) is 48.5 Å². The van der Waals surface area contributed by atoms with Crippen molar-refractivity contribution in [1.29, 1.82) is 0 Å². The molecule has 2 aromatic carbocycles. The molecule has 0 aliphatic carbocycles. The lowest BCUT2D eigenvalue weighted by molar-refractivity contribution is 0.342. The Morgan fingerprint density at radius 3 is 2.04 bits per heavy atom. The fourth-order valence-corrected chi connectivity index (χ4v) is 3.42. The van der Waals surface area contributed by atoms with Crippen LogP contribution in [0.15, 0.2) is 53.7 Å². The summed E-state index contributed by atoms with van der Waals surface area (Å²) < 4.78 is 18.2. The van der Waals surface area contributed by atoms with Crippen molar-refractivity contribution in [2.75, 3.05) is 26.6 Å². The molecule has 0 saturated carbocycles. The Hall–Kier alpha value is -2.67. The van der Waals surface area contributed by atoms with Gasteiger partial charge in [-0.05, 0) is 55.5 Å². The molecule has 0 radical (unpaired) electrons. The SMILES string of the molecule is CCn1c(SCCOc2ccc(OC)cc2)nnc1-c1ccc(OC)cc1. The summed E-state index contributed by atoms with van der Waals surface area (Å²) in [4.78, 5) is 0. The summed E-state index contributed by atoms with van der Waals surface area (Å²) in [5, 5.41) is 9.60. The predicted octanol–water partition coefficient (Wildman–Crippen LogP) is 4.15. The highest BCUT2D eigenvalue weighted by molar-refractivity contribution is 7.99. The lowest BCUT2D eigenvalue weighted by atomic mass is 10.2. The van der Waals surface area contributed by atoms with E-state index in [1.54, 1.807) is 26.0 Å². The van der Waals surface area contributed by atoms with Crippen molar-refractivity contribution in [1.82, 2.24) is 14.8 Å². The number of aromatic nitrogens is 3. The number of ether oxygens (including phenoxy) is 3. The fourth-order valence-electron chi connectivity index (χ4n) is 2.60. The molecule has 1 aromatic heterocycles. The van der Waals surface area contributed by atoms with E-state index in [4.69, 9.17) is 14.2 Å². The smallest absolute Gasteiger partial charge is 0.191 e. The summed E-state index contributed by atoms with van der Waals surface area (Å²) in [6, 6.07) is 15.4. The first kappa shape index (κ1) is 19.1. The third-order valence-corrected chi connectivity index (χ3v) is 4.95. The molecule has 6 nitrogen and oxygen atoms in total. The molecule has 0 unspecified atom stereocenters. The van der Waals surface area contributed by atoms with Crippen LogP contribution < -0.4 is 14.2 Å². The van der Waals surface area contributed by atoms with Gasteiger partial charge in [-0.15, -0.1) is 10.2 Å². The largest absolute Gasteiger partial charge is 0.497 e. The molecule has 1 heterocycles. The molecule has 0 amide bonds. The molecule has 0 aliphatic rings. The van der Waals surface area contributed by atoms with Gasteiger partial charge in [0, 0.05) is 17.9 Å². The second-order valence-electron chi connectivity index (χ2n) is 5.65. The number of thioether (sulfide) groups is 1. The second kappa shape index (κ2) is 9.32. The Bertz CT molecular complexity index is 848. The molecule has 27 heavy (non-hydrogen) atoms. The van der Waals surface area contributed by atoms with Crippen molar-refractivity contribution in [3.63, 3.8) is 0 Å². The minimum absolute atomic E-state index is 0.589. The number of benzene rings is 2. The monoisotopic (exact) mass is 385 g/mol. The Labute approximate surface area is 163 Å². The maximum atomic E-state index is 5.77. The average molecular weight is 385 g/mol. The Morgan fingerprint density at radius 2 is 1.44 bits per heavy atom. The predicted molar refractivity (Wildman–Crippen MR) is 107 cm³/mol. The zero-order valence-corrected chi connectivity index (χ0v) is 16.5. The minimum atomic E-state index is 0.589. The summed E-state index contributed by atoms with van der Waals surface area (Å²) in [5.74, 6) is 4.11. The molecule has 0 N–H and O–H groups in total. The van der Waals surface area contributed by atoms with E-state index < -0.39 is 0 Å². The fraction of sp³-hybridized carbons (Fsp3) is 0.300. The highest BCUT2D eigenvalue weighted by atomic mass is 32.2. The molecular formula is C20H23N3O3S. The first-order valence-electron chi connectivity index (χ1n) is 8.72. The van der Waals surface area contributed by atoms with Gasteiger partial charge in [0.1, 0.15) is 17.2 Å². The van der Waals surface area contributed by atoms with Gasteiger partial charge in [0.2, 0.25) is 0 Å². The van der Waals surface area contributed by atoms with E-state index in [-0.39, 0.29) is 0 Å². The first-order valence-corrected chi connectivity index (χ1v) is 9.71. The van der Waals surface area contributed by atoms with Crippen molar-refractivity contribution >= 4 is 11.8 Å². The number of rotatable bonds is 9. The highest BCUT2D eigenvalue weighted by Crippen LogP contribution is 2.25. The van der Waals surface area contributed by atoms with Crippen LogP contribution in [-0.4, -0.2) is 41.3 Å². The van der Waals surface area contributed by atoms with Crippen LogP contribution in [0.25, 0.3) is 11.4 Å². The molecule has 3 rings (SSSR count). The van der Waals surface area contributed by atoms with E-state index in [0.29, 0.717) is 6.61 Å². The number of hydrogen-bond donors (Lipinski definition) is 0. The summed E-state index contributed by atoms with van der Waals surface area (Å²) in [6.07, 6.45) is 0. The van der Waals surface area contributed by atoms with E-state index >= 15 is 0 Å². The molecule has 0 fully saturated rings. The topological polar surface area (TPSA) is 58.4 Å². The zero-order valence-electron chi connectivity index (χ0n) is 15.7. The quantitative estimate of drug-likeness (QED) is 0.407. The second-order valence-corrected chi connectivity index (χ2v) is 6.71. The molecule has 0 bridgehead atoms. The third-order valence-electron chi connectivity index (χ3n) is 4.02. The van der Waals surface area contributed by atoms with Gasteiger partial charge in [0.15, 0.2) is 11.0 Å². The van der Waals surface area contributed by atoms with Crippen LogP contribution in [0.2, 0.25) is 0 Å². The van der Waals surface area contributed by atoms with Gasteiger partial charge in [-0.3, -0.25) is 0 Å². The molecule has 3 aromatic rings. The first-order chi connectivity index (χ1) is 13.2. The molecule has 0 saturated heterocycles. The van der Waals surface area contributed by atoms with Gasteiger partial charge in [-0.1, -0.05) is 11.8 Å². The van der Waals surface area contributed by atoms with Gasteiger partial charge in [-0.25, -0.2) is 0 Å². The van der Waals surface area contributed by atoms with Crippen LogP contribution in [0.1, 0.15) is 6.92 Å². The summed E-state index contributed by atoms with van der Waals surface area (Å²) in [6.45, 7) is 3.48. The normalized spacial score (nSPS) is 10.6. The Kier molecular flexibility index (Phi) is 6.59. The van der Waals surface area contributed by atoms with Crippen LogP contribution in [0, 0.1) is 0 Å². The van der Waals surface area contributed by atoms with Gasteiger partial charge in [0.05, 0.1) is 20.8 Å². The van der Waals surface area contributed by atoms with Gasteiger partial charge in [0.25, 0.3) is 0 Å². The van der Waals surface area contributed by atoms with Crippen molar-refractivity contribution in [2.24, 2.45) is 0 Å². The number of nitrogens with zero attached hydrogens (tertiary/aromatic N) is 3. The summed E-state index contributed by atoms with van der Waals surface area (Å²) >= 11 is 1.64. The lowest BCUT2D eigenvalue weighted by Crippen LogP contribution is -2.03. The van der Waals surface area contributed by atoms with Crippen molar-refractivity contribution in [3.05, 3.63) is 48.5 Å². The standard InChI is InChI=1S/C20H23N3O3S/c1-4-23-19(15-5-7-16(24-2)8-6-15)21-22-20(23)27-14-13-26-18-11-9-17(25-3)10-12-18/h5-12H,4,13-14H2,1-3H3. The van der Waals surface area contributed by atoms with Crippen LogP contribution in [0.5, 0.6) is 17.2 Å². The molecule has 0 aliphatic heterocycles. The Morgan fingerprint density at radius 1 is 0.852 bits per heavy atom. The van der Waals surface area contributed by atoms with Crippen molar-refractivity contribution in [3.8, 4) is 28.6 Å². The summed E-state index contributed by atoms with van der Waals surface area (Å²) in [7, 11) is 3.31. The zero-order chi connectivity index (χ0) is 19.1. The van der Waals surface area contributed by atoms with Gasteiger partial charge >= 0.3 is 0 Å². The van der Waals surface area contributed by atoms with Crippen LogP contribution in [-0.2, 0) is 6.54 Å². The molecule has 142 valence electrons. The molecule has 7 heteroatoms. The van der Waals surface area contributed by atoms with Crippen LogP contribution >= 0.6 is 11.8 Å². The lowest BCUT2D eigenvalue weighted by Gasteiger charge is -2.09. The highest BCUT2D eigenvalue weighted by Gasteiger charge is 2.13. The minimum Gasteiger partial charge on any atom is -0.497 e. The third kappa shape index (κ3) is 4.74. The number of methoxy groups -OCH3 is 2. The van der Waals surface area contributed by atoms with Gasteiger partial charge < -0.3 is 18.8 Å². The summed E-state index contributed by atoms with van der Waals surface area (Å²) in [5.41, 5.74) is 1.02. The Balaban J connectivity index is 1.59. The molecule has 0 spiro atoms. The molecular weight excluding hydrogens is 362 g/mol. The van der Waals surface area contributed by atoms with E-state index in [1.165, 1.54) is 0 Å². The number of hydrogen-bond acceptors (Lipinski definition) is 6. The van der Waals surface area contributed by atoms with Gasteiger partial charge in [-0.2, -0.15) is 0 Å². The maximum absolute atomic E-state index is 5.77.